The van der Waals surface area contributed by atoms with Crippen LogP contribution in [0.25, 0.3) is 0 Å². The molecule has 0 aliphatic heterocycles. The van der Waals surface area contributed by atoms with Crippen molar-refractivity contribution in [2.45, 2.75) is 19.9 Å². The van der Waals surface area contributed by atoms with Gasteiger partial charge in [-0.15, -0.1) is 0 Å². The van der Waals surface area contributed by atoms with Gasteiger partial charge in [-0.2, -0.15) is 5.26 Å². The Morgan fingerprint density at radius 1 is 1.10 bits per heavy atom. The van der Waals surface area contributed by atoms with Gasteiger partial charge in [0.1, 0.15) is 5.75 Å². The van der Waals surface area contributed by atoms with Gasteiger partial charge in [-0.3, -0.25) is 9.69 Å². The average Bonchev–Trinajstić information content (AvgIpc) is 2.75. The molecular weight excluding hydrogens is 382 g/mol. The van der Waals surface area contributed by atoms with Gasteiger partial charge < -0.3 is 19.1 Å². The third-order valence-electron chi connectivity index (χ3n) is 4.54. The molecule has 160 valence electrons. The fourth-order valence-electron chi connectivity index (χ4n) is 3.19. The van der Waals surface area contributed by atoms with Crippen molar-refractivity contribution < 1.29 is 19.0 Å². The van der Waals surface area contributed by atoms with Gasteiger partial charge in [-0.25, -0.2) is 0 Å². The quantitative estimate of drug-likeness (QED) is 0.564. The van der Waals surface area contributed by atoms with Gasteiger partial charge in [0.2, 0.25) is 5.91 Å². The Hall–Kier alpha value is -3.24. The Balaban J connectivity index is 2.12. The summed E-state index contributed by atoms with van der Waals surface area (Å²) < 4.78 is 16.3. The van der Waals surface area contributed by atoms with Crippen molar-refractivity contribution in [3.05, 3.63) is 48.0 Å². The van der Waals surface area contributed by atoms with Crippen molar-refractivity contribution in [1.29, 1.82) is 5.26 Å². The molecule has 0 saturated heterocycles. The van der Waals surface area contributed by atoms with Crippen LogP contribution < -0.4 is 19.1 Å². The third kappa shape index (κ3) is 6.13. The summed E-state index contributed by atoms with van der Waals surface area (Å²) in [6.45, 7) is 3.54. The summed E-state index contributed by atoms with van der Waals surface area (Å²) in [7, 11) is 5.07. The Morgan fingerprint density at radius 2 is 1.83 bits per heavy atom. The molecule has 0 fully saturated rings. The normalized spacial score (nSPS) is 10.4. The summed E-state index contributed by atoms with van der Waals surface area (Å²) in [5.74, 6) is 1.97. The zero-order valence-electron chi connectivity index (χ0n) is 18.1. The van der Waals surface area contributed by atoms with E-state index in [2.05, 4.69) is 6.07 Å². The van der Waals surface area contributed by atoms with E-state index in [1.54, 1.807) is 19.1 Å². The number of nitrogens with zero attached hydrogens (tertiary/aromatic N) is 3. The van der Waals surface area contributed by atoms with Gasteiger partial charge in [0.15, 0.2) is 11.5 Å². The van der Waals surface area contributed by atoms with Gasteiger partial charge in [0.25, 0.3) is 0 Å². The first-order valence-electron chi connectivity index (χ1n) is 9.82. The smallest absolute Gasteiger partial charge is 0.241 e. The van der Waals surface area contributed by atoms with Crippen molar-refractivity contribution in [3.63, 3.8) is 0 Å². The number of para-hydroxylation sites is 1. The molecule has 7 nitrogen and oxygen atoms in total. The number of rotatable bonds is 11. The molecular formula is C23H29N3O4. The number of hydrogen-bond donors (Lipinski definition) is 0. The molecule has 0 aromatic heterocycles. The number of hydrogen-bond acceptors (Lipinski definition) is 6. The van der Waals surface area contributed by atoms with Gasteiger partial charge in [-0.1, -0.05) is 12.1 Å². The Kier molecular flexibility index (Phi) is 8.98. The maximum Gasteiger partial charge on any atom is 0.241 e. The standard InChI is InChI=1S/C23H29N3O4/c1-5-30-20-12-10-19(11-13-20)26(15-7-14-24)22(27)17-25(2)16-18-8-6-9-21(28-3)23(18)29-4/h6,8-13H,5,7,15-17H2,1-4H3. The first-order valence-corrected chi connectivity index (χ1v) is 9.82. The number of likely N-dealkylation sites (N-methyl/N-ethyl adjacent to an activating group) is 1. The number of amides is 1. The Bertz CT molecular complexity index is 862. The van der Waals surface area contributed by atoms with E-state index in [0.29, 0.717) is 31.2 Å². The van der Waals surface area contributed by atoms with E-state index in [-0.39, 0.29) is 18.9 Å². The van der Waals surface area contributed by atoms with Crippen molar-refractivity contribution in [2.24, 2.45) is 0 Å². The maximum atomic E-state index is 13.0. The molecule has 2 aromatic carbocycles. The number of methoxy groups -OCH3 is 2. The van der Waals surface area contributed by atoms with Crippen LogP contribution >= 0.6 is 0 Å². The monoisotopic (exact) mass is 411 g/mol. The average molecular weight is 412 g/mol. The lowest BCUT2D eigenvalue weighted by molar-refractivity contribution is -0.119. The fraction of sp³-hybridized carbons (Fsp3) is 0.391. The number of ether oxygens (including phenoxy) is 3. The molecule has 0 spiro atoms. The van der Waals surface area contributed by atoms with Gasteiger partial charge in [0.05, 0.1) is 39.9 Å². The minimum absolute atomic E-state index is 0.0845. The molecule has 1 amide bonds. The summed E-state index contributed by atoms with van der Waals surface area (Å²) in [4.78, 5) is 16.6. The highest BCUT2D eigenvalue weighted by Gasteiger charge is 2.19. The van der Waals surface area contributed by atoms with E-state index in [4.69, 9.17) is 19.5 Å². The molecule has 0 N–H and O–H groups in total. The highest BCUT2D eigenvalue weighted by molar-refractivity contribution is 5.94. The highest BCUT2D eigenvalue weighted by Crippen LogP contribution is 2.31. The van der Waals surface area contributed by atoms with Crippen LogP contribution in [0.4, 0.5) is 5.69 Å². The summed E-state index contributed by atoms with van der Waals surface area (Å²) in [6.07, 6.45) is 0.256. The molecule has 0 saturated carbocycles. The predicted octanol–water partition coefficient (Wildman–Crippen LogP) is 3.48. The van der Waals surface area contributed by atoms with Gasteiger partial charge in [-0.05, 0) is 44.3 Å². The van der Waals surface area contributed by atoms with Crippen molar-refractivity contribution in [1.82, 2.24) is 4.90 Å². The van der Waals surface area contributed by atoms with Crippen LogP contribution in [0.2, 0.25) is 0 Å². The third-order valence-corrected chi connectivity index (χ3v) is 4.54. The minimum atomic E-state index is -0.0845. The summed E-state index contributed by atoms with van der Waals surface area (Å²) in [5.41, 5.74) is 1.67. The van der Waals surface area contributed by atoms with Crippen LogP contribution in [0.5, 0.6) is 17.2 Å². The van der Waals surface area contributed by atoms with Crippen LogP contribution in [0.3, 0.4) is 0 Å². The lowest BCUT2D eigenvalue weighted by Crippen LogP contribution is -2.39. The molecule has 0 aliphatic rings. The van der Waals surface area contributed by atoms with Crippen molar-refractivity contribution in [3.8, 4) is 23.3 Å². The fourth-order valence-corrected chi connectivity index (χ4v) is 3.19. The summed E-state index contributed by atoms with van der Waals surface area (Å²) in [6, 6.07) is 15.1. The highest BCUT2D eigenvalue weighted by atomic mass is 16.5. The van der Waals surface area contributed by atoms with Crippen molar-refractivity contribution in [2.75, 3.05) is 45.9 Å². The van der Waals surface area contributed by atoms with Crippen molar-refractivity contribution >= 4 is 11.6 Å². The van der Waals surface area contributed by atoms with E-state index in [1.165, 1.54) is 0 Å². The maximum absolute atomic E-state index is 13.0. The Labute approximate surface area is 178 Å². The minimum Gasteiger partial charge on any atom is -0.494 e. The van der Waals surface area contributed by atoms with E-state index in [1.807, 2.05) is 61.3 Å². The SMILES string of the molecule is CCOc1ccc(N(CCC#N)C(=O)CN(C)Cc2cccc(OC)c2OC)cc1. The number of carbonyl (C=O) groups excluding carboxylic acids is 1. The van der Waals surface area contributed by atoms with Crippen LogP contribution in [0, 0.1) is 11.3 Å². The molecule has 30 heavy (non-hydrogen) atoms. The zero-order valence-corrected chi connectivity index (χ0v) is 18.1. The second kappa shape index (κ2) is 11.7. The van der Waals surface area contributed by atoms with E-state index < -0.39 is 0 Å². The second-order valence-corrected chi connectivity index (χ2v) is 6.71. The molecule has 2 rings (SSSR count). The molecule has 7 heteroatoms. The van der Waals surface area contributed by atoms with E-state index >= 15 is 0 Å². The van der Waals surface area contributed by atoms with Gasteiger partial charge >= 0.3 is 0 Å². The number of anilines is 1. The van der Waals surface area contributed by atoms with Crippen LogP contribution in [0.15, 0.2) is 42.5 Å². The van der Waals surface area contributed by atoms with E-state index in [0.717, 1.165) is 17.0 Å². The molecule has 0 radical (unpaired) electrons. The summed E-state index contributed by atoms with van der Waals surface area (Å²) in [5, 5.41) is 9.00. The number of carbonyl (C=O) groups is 1. The largest absolute Gasteiger partial charge is 0.494 e. The Morgan fingerprint density at radius 3 is 2.43 bits per heavy atom. The predicted molar refractivity (Wildman–Crippen MR) is 116 cm³/mol. The summed E-state index contributed by atoms with van der Waals surface area (Å²) >= 11 is 0. The topological polar surface area (TPSA) is 75.0 Å². The molecule has 2 aromatic rings. The molecule has 0 atom stereocenters. The molecule has 0 aliphatic carbocycles. The van der Waals surface area contributed by atoms with Crippen LogP contribution in [-0.2, 0) is 11.3 Å². The van der Waals surface area contributed by atoms with Crippen LogP contribution in [-0.4, -0.2) is 51.8 Å². The lowest BCUT2D eigenvalue weighted by Gasteiger charge is -2.25. The van der Waals surface area contributed by atoms with Gasteiger partial charge in [0, 0.05) is 24.3 Å². The molecule has 0 unspecified atom stereocenters. The first kappa shape index (κ1) is 23.0. The molecule has 0 bridgehead atoms. The van der Waals surface area contributed by atoms with Crippen LogP contribution in [0.1, 0.15) is 18.9 Å². The zero-order chi connectivity index (χ0) is 21.9. The number of benzene rings is 2. The molecule has 0 heterocycles. The number of nitriles is 1. The van der Waals surface area contributed by atoms with E-state index in [9.17, 15) is 4.79 Å². The first-order chi connectivity index (χ1) is 14.5. The second-order valence-electron chi connectivity index (χ2n) is 6.71. The lowest BCUT2D eigenvalue weighted by atomic mass is 10.1.